The Morgan fingerprint density at radius 2 is 1.88 bits per heavy atom. The predicted molar refractivity (Wildman–Crippen MR) is 74.5 cm³/mol. The van der Waals surface area contributed by atoms with Crippen molar-refractivity contribution in [2.45, 2.75) is 46.2 Å². The van der Waals surface area contributed by atoms with Gasteiger partial charge in [0, 0.05) is 17.1 Å². The molecule has 1 N–H and O–H groups in total. The fourth-order valence-electron chi connectivity index (χ4n) is 1.69. The fourth-order valence-corrected chi connectivity index (χ4v) is 2.20. The fraction of sp³-hybridized carbons (Fsp3) is 0.571. The van der Waals surface area contributed by atoms with Gasteiger partial charge in [0.2, 0.25) is 0 Å². The van der Waals surface area contributed by atoms with Crippen molar-refractivity contribution in [3.63, 3.8) is 0 Å². The van der Waals surface area contributed by atoms with Gasteiger partial charge in [-0.1, -0.05) is 29.8 Å². The van der Waals surface area contributed by atoms with Crippen molar-refractivity contribution in [1.82, 2.24) is 5.32 Å². The van der Waals surface area contributed by atoms with Crippen LogP contribution in [0.15, 0.2) is 22.7 Å². The maximum absolute atomic E-state index is 13.1. The molecule has 0 aliphatic rings. The van der Waals surface area contributed by atoms with Crippen molar-refractivity contribution >= 4 is 15.9 Å². The number of nitrogens with one attached hydrogen (secondary N) is 1. The molecule has 0 saturated heterocycles. The third-order valence-corrected chi connectivity index (χ3v) is 3.21. The molecular weight excluding hydrogens is 281 g/mol. The molecule has 1 atom stereocenters. The Morgan fingerprint density at radius 1 is 1.18 bits per heavy atom. The summed E-state index contributed by atoms with van der Waals surface area (Å²) < 4.78 is 13.9. The highest BCUT2D eigenvalue weighted by molar-refractivity contribution is 9.10. The van der Waals surface area contributed by atoms with Crippen molar-refractivity contribution in [3.8, 4) is 0 Å². The third-order valence-electron chi connectivity index (χ3n) is 2.75. The van der Waals surface area contributed by atoms with Crippen LogP contribution >= 0.6 is 15.9 Å². The Bertz CT molecular complexity index is 332. The molecule has 1 unspecified atom stereocenters. The van der Waals surface area contributed by atoms with E-state index >= 15 is 0 Å². The first kappa shape index (κ1) is 14.7. The summed E-state index contributed by atoms with van der Waals surface area (Å²) in [6.07, 6.45) is 2.38. The highest BCUT2D eigenvalue weighted by Crippen LogP contribution is 2.15. The van der Waals surface area contributed by atoms with E-state index in [1.165, 1.54) is 12.5 Å². The molecule has 1 aromatic rings. The highest BCUT2D eigenvalue weighted by atomic mass is 79.9. The van der Waals surface area contributed by atoms with Gasteiger partial charge in [-0.05, 0) is 49.4 Å². The Hall–Kier alpha value is -0.410. The number of hydrogen-bond acceptors (Lipinski definition) is 1. The van der Waals surface area contributed by atoms with Crippen LogP contribution in [0.3, 0.4) is 0 Å². The standard InChI is InChI=1S/C14H21BrFN/c1-10(2)4-5-11(3)17-9-12-6-13(15)8-14(16)7-12/h6-8,10-11,17H,4-5,9H2,1-3H3. The van der Waals surface area contributed by atoms with E-state index < -0.39 is 0 Å². The van der Waals surface area contributed by atoms with E-state index in [0.29, 0.717) is 6.04 Å². The minimum Gasteiger partial charge on any atom is -0.310 e. The molecule has 96 valence electrons. The second kappa shape index (κ2) is 7.12. The molecule has 0 aromatic heterocycles. The summed E-state index contributed by atoms with van der Waals surface area (Å²) in [5, 5.41) is 3.42. The Labute approximate surface area is 112 Å². The maximum atomic E-state index is 13.1. The number of benzene rings is 1. The first-order chi connectivity index (χ1) is 7.97. The summed E-state index contributed by atoms with van der Waals surface area (Å²) in [7, 11) is 0. The van der Waals surface area contributed by atoms with Crippen molar-refractivity contribution in [2.24, 2.45) is 5.92 Å². The molecule has 1 aromatic carbocycles. The molecule has 0 radical (unpaired) electrons. The molecule has 0 amide bonds. The molecule has 1 nitrogen and oxygen atoms in total. The minimum atomic E-state index is -0.189. The molecule has 0 aliphatic heterocycles. The predicted octanol–water partition coefficient (Wildman–Crippen LogP) is 4.50. The zero-order chi connectivity index (χ0) is 12.8. The van der Waals surface area contributed by atoms with Crippen LogP contribution < -0.4 is 5.32 Å². The molecule has 0 aliphatic carbocycles. The van der Waals surface area contributed by atoms with E-state index in [-0.39, 0.29) is 5.82 Å². The van der Waals surface area contributed by atoms with Crippen molar-refractivity contribution < 1.29 is 4.39 Å². The summed E-state index contributed by atoms with van der Waals surface area (Å²) in [4.78, 5) is 0. The van der Waals surface area contributed by atoms with Crippen molar-refractivity contribution in [3.05, 3.63) is 34.1 Å². The van der Waals surface area contributed by atoms with Crippen molar-refractivity contribution in [2.75, 3.05) is 0 Å². The maximum Gasteiger partial charge on any atom is 0.124 e. The summed E-state index contributed by atoms with van der Waals surface area (Å²) >= 11 is 3.30. The quantitative estimate of drug-likeness (QED) is 0.815. The summed E-state index contributed by atoms with van der Waals surface area (Å²) in [5.74, 6) is 0.550. The molecule has 0 bridgehead atoms. The Kier molecular flexibility index (Phi) is 6.14. The van der Waals surface area contributed by atoms with Crippen LogP contribution in [0.2, 0.25) is 0 Å². The van der Waals surface area contributed by atoms with Crippen LogP contribution in [0.4, 0.5) is 4.39 Å². The van der Waals surface area contributed by atoms with E-state index in [0.717, 1.165) is 28.9 Å². The van der Waals surface area contributed by atoms with Gasteiger partial charge < -0.3 is 5.32 Å². The van der Waals surface area contributed by atoms with Crippen LogP contribution in [0.25, 0.3) is 0 Å². The molecule has 1 rings (SSSR count). The van der Waals surface area contributed by atoms with Gasteiger partial charge in [0.15, 0.2) is 0 Å². The van der Waals surface area contributed by atoms with Crippen molar-refractivity contribution in [1.29, 1.82) is 0 Å². The molecule has 17 heavy (non-hydrogen) atoms. The summed E-state index contributed by atoms with van der Waals surface area (Å²) in [6.45, 7) is 7.36. The zero-order valence-electron chi connectivity index (χ0n) is 10.8. The van der Waals surface area contributed by atoms with Gasteiger partial charge in [0.1, 0.15) is 5.82 Å². The lowest BCUT2D eigenvalue weighted by Crippen LogP contribution is -2.25. The lowest BCUT2D eigenvalue weighted by atomic mass is 10.0. The lowest BCUT2D eigenvalue weighted by molar-refractivity contribution is 0.450. The van der Waals surface area contributed by atoms with Crippen LogP contribution in [0.1, 0.15) is 39.2 Å². The first-order valence-corrected chi connectivity index (χ1v) is 6.95. The smallest absolute Gasteiger partial charge is 0.124 e. The van der Waals surface area contributed by atoms with Gasteiger partial charge in [0.25, 0.3) is 0 Å². The zero-order valence-corrected chi connectivity index (χ0v) is 12.3. The van der Waals surface area contributed by atoms with Crippen LogP contribution in [0.5, 0.6) is 0 Å². The second-order valence-corrected chi connectivity index (χ2v) is 5.95. The van der Waals surface area contributed by atoms with Gasteiger partial charge in [-0.2, -0.15) is 0 Å². The monoisotopic (exact) mass is 301 g/mol. The Morgan fingerprint density at radius 3 is 2.47 bits per heavy atom. The largest absolute Gasteiger partial charge is 0.310 e. The lowest BCUT2D eigenvalue weighted by Gasteiger charge is -2.15. The molecular formula is C14H21BrFN. The number of halogens is 2. The van der Waals surface area contributed by atoms with Crippen LogP contribution in [-0.2, 0) is 6.54 Å². The average Bonchev–Trinajstić information content (AvgIpc) is 2.22. The van der Waals surface area contributed by atoms with E-state index in [1.54, 1.807) is 6.07 Å². The molecule has 0 saturated carbocycles. The average molecular weight is 302 g/mol. The van der Waals surface area contributed by atoms with Gasteiger partial charge in [-0.25, -0.2) is 4.39 Å². The summed E-state index contributed by atoms with van der Waals surface area (Å²) in [5.41, 5.74) is 0.980. The molecule has 3 heteroatoms. The first-order valence-electron chi connectivity index (χ1n) is 6.15. The second-order valence-electron chi connectivity index (χ2n) is 5.03. The molecule has 0 spiro atoms. The summed E-state index contributed by atoms with van der Waals surface area (Å²) in [6, 6.07) is 5.48. The Balaban J connectivity index is 2.39. The van der Waals surface area contributed by atoms with Crippen LogP contribution in [-0.4, -0.2) is 6.04 Å². The topological polar surface area (TPSA) is 12.0 Å². The third kappa shape index (κ3) is 6.18. The minimum absolute atomic E-state index is 0.189. The van der Waals surface area contributed by atoms with Gasteiger partial charge in [-0.3, -0.25) is 0 Å². The molecule has 0 heterocycles. The van der Waals surface area contributed by atoms with E-state index in [4.69, 9.17) is 0 Å². The van der Waals surface area contributed by atoms with E-state index in [1.807, 2.05) is 6.07 Å². The SMILES string of the molecule is CC(C)CCC(C)NCc1cc(F)cc(Br)c1. The van der Waals surface area contributed by atoms with Gasteiger partial charge >= 0.3 is 0 Å². The highest BCUT2D eigenvalue weighted by Gasteiger charge is 2.04. The van der Waals surface area contributed by atoms with Crippen LogP contribution in [0, 0.1) is 11.7 Å². The number of rotatable bonds is 6. The normalized spacial score (nSPS) is 13.1. The van der Waals surface area contributed by atoms with E-state index in [9.17, 15) is 4.39 Å². The van der Waals surface area contributed by atoms with E-state index in [2.05, 4.69) is 42.0 Å². The van der Waals surface area contributed by atoms with Gasteiger partial charge in [0.05, 0.1) is 0 Å². The van der Waals surface area contributed by atoms with Gasteiger partial charge in [-0.15, -0.1) is 0 Å². The molecule has 0 fully saturated rings. The number of hydrogen-bond donors (Lipinski definition) is 1.